The standard InChI is InChI=1S/C27H36O5/c1-3-5-6-9-24(28)10-8-19-31-25-11-7-12-26(20-25)32-21-23-15-13-22(14-16-23)17-18-27(29)30-4-2/h7,11-18,20,24,28H,3-6,8-10,19,21H2,1-2H3/b18-17+. The maximum absolute atomic E-state index is 11.4. The molecule has 32 heavy (non-hydrogen) atoms. The lowest BCUT2D eigenvalue weighted by atomic mass is 10.1. The molecular weight excluding hydrogens is 404 g/mol. The fourth-order valence-corrected chi connectivity index (χ4v) is 3.18. The summed E-state index contributed by atoms with van der Waals surface area (Å²) in [6.07, 6.45) is 8.84. The second-order valence-corrected chi connectivity index (χ2v) is 7.73. The van der Waals surface area contributed by atoms with E-state index in [4.69, 9.17) is 14.2 Å². The molecule has 0 aliphatic rings. The average molecular weight is 441 g/mol. The minimum Gasteiger partial charge on any atom is -0.493 e. The van der Waals surface area contributed by atoms with Gasteiger partial charge in [0.25, 0.3) is 0 Å². The van der Waals surface area contributed by atoms with Crippen LogP contribution in [0, 0.1) is 0 Å². The third-order valence-electron chi connectivity index (χ3n) is 4.98. The van der Waals surface area contributed by atoms with Crippen molar-refractivity contribution in [1.82, 2.24) is 0 Å². The third kappa shape index (κ3) is 10.5. The molecule has 5 heteroatoms. The summed E-state index contributed by atoms with van der Waals surface area (Å²) in [7, 11) is 0. The number of carbonyl (C=O) groups is 1. The van der Waals surface area contributed by atoms with Gasteiger partial charge in [0.2, 0.25) is 0 Å². The zero-order valence-corrected chi connectivity index (χ0v) is 19.3. The fourth-order valence-electron chi connectivity index (χ4n) is 3.18. The molecule has 0 radical (unpaired) electrons. The number of aliphatic hydroxyl groups is 1. The van der Waals surface area contributed by atoms with Gasteiger partial charge in [-0.05, 0) is 55.5 Å². The first kappa shape index (κ1) is 25.5. The molecule has 1 N–H and O–H groups in total. The first-order valence-corrected chi connectivity index (χ1v) is 11.6. The lowest BCUT2D eigenvalue weighted by Crippen LogP contribution is -2.09. The van der Waals surface area contributed by atoms with E-state index in [2.05, 4.69) is 6.92 Å². The molecule has 0 bridgehead atoms. The highest BCUT2D eigenvalue weighted by molar-refractivity contribution is 5.87. The van der Waals surface area contributed by atoms with Crippen LogP contribution in [0.1, 0.15) is 63.5 Å². The Kier molecular flexibility index (Phi) is 12.0. The zero-order chi connectivity index (χ0) is 23.0. The van der Waals surface area contributed by atoms with Crippen molar-refractivity contribution in [2.24, 2.45) is 0 Å². The second-order valence-electron chi connectivity index (χ2n) is 7.73. The maximum Gasteiger partial charge on any atom is 0.330 e. The van der Waals surface area contributed by atoms with Crippen LogP contribution in [-0.4, -0.2) is 30.4 Å². The first-order chi connectivity index (χ1) is 15.6. The van der Waals surface area contributed by atoms with Gasteiger partial charge in [-0.2, -0.15) is 0 Å². The first-order valence-electron chi connectivity index (χ1n) is 11.6. The van der Waals surface area contributed by atoms with Gasteiger partial charge in [0.05, 0.1) is 19.3 Å². The summed E-state index contributed by atoms with van der Waals surface area (Å²) in [5.74, 6) is 1.17. The van der Waals surface area contributed by atoms with Gasteiger partial charge in [-0.3, -0.25) is 0 Å². The normalized spacial score (nSPS) is 12.0. The summed E-state index contributed by atoms with van der Waals surface area (Å²) < 4.78 is 16.6. The number of hydrogen-bond acceptors (Lipinski definition) is 5. The summed E-state index contributed by atoms with van der Waals surface area (Å²) in [6, 6.07) is 15.4. The van der Waals surface area contributed by atoms with Crippen LogP contribution < -0.4 is 9.47 Å². The Morgan fingerprint density at radius 1 is 0.969 bits per heavy atom. The molecule has 0 saturated heterocycles. The van der Waals surface area contributed by atoms with Gasteiger partial charge in [-0.15, -0.1) is 0 Å². The van der Waals surface area contributed by atoms with Gasteiger partial charge in [-0.25, -0.2) is 4.79 Å². The van der Waals surface area contributed by atoms with E-state index >= 15 is 0 Å². The van der Waals surface area contributed by atoms with Crippen LogP contribution in [0.25, 0.3) is 6.08 Å². The van der Waals surface area contributed by atoms with Crippen LogP contribution in [0.5, 0.6) is 11.5 Å². The Bertz CT molecular complexity index is 813. The number of hydrogen-bond donors (Lipinski definition) is 1. The molecular formula is C27H36O5. The summed E-state index contributed by atoms with van der Waals surface area (Å²) in [4.78, 5) is 11.4. The molecule has 0 saturated carbocycles. The predicted molar refractivity (Wildman–Crippen MR) is 128 cm³/mol. The lowest BCUT2D eigenvalue weighted by molar-refractivity contribution is -0.137. The molecule has 1 atom stereocenters. The topological polar surface area (TPSA) is 65.0 Å². The minimum absolute atomic E-state index is 0.230. The largest absolute Gasteiger partial charge is 0.493 e. The van der Waals surface area contributed by atoms with Crippen molar-refractivity contribution in [2.75, 3.05) is 13.2 Å². The van der Waals surface area contributed by atoms with Crippen molar-refractivity contribution < 1.29 is 24.1 Å². The molecule has 0 aliphatic carbocycles. The quantitative estimate of drug-likeness (QED) is 0.211. The van der Waals surface area contributed by atoms with Crippen molar-refractivity contribution in [3.8, 4) is 11.5 Å². The van der Waals surface area contributed by atoms with Gasteiger partial charge in [0, 0.05) is 12.1 Å². The molecule has 2 aromatic carbocycles. The van der Waals surface area contributed by atoms with E-state index in [0.717, 1.165) is 48.3 Å². The van der Waals surface area contributed by atoms with Gasteiger partial charge in [-0.1, -0.05) is 56.5 Å². The van der Waals surface area contributed by atoms with E-state index < -0.39 is 0 Å². The molecule has 0 heterocycles. The number of benzene rings is 2. The Morgan fingerprint density at radius 2 is 1.69 bits per heavy atom. The van der Waals surface area contributed by atoms with E-state index in [9.17, 15) is 9.90 Å². The SMILES string of the molecule is CCCCCC(O)CCCOc1cccc(OCc2ccc(/C=C/C(=O)OCC)cc2)c1. The van der Waals surface area contributed by atoms with E-state index in [1.54, 1.807) is 13.0 Å². The molecule has 1 unspecified atom stereocenters. The number of aliphatic hydroxyl groups excluding tert-OH is 1. The number of rotatable bonds is 15. The second kappa shape index (κ2) is 15.1. The summed E-state index contributed by atoms with van der Waals surface area (Å²) in [5.41, 5.74) is 1.95. The van der Waals surface area contributed by atoms with Crippen molar-refractivity contribution in [2.45, 2.75) is 65.1 Å². The van der Waals surface area contributed by atoms with Gasteiger partial charge >= 0.3 is 5.97 Å². The lowest BCUT2D eigenvalue weighted by Gasteiger charge is -2.12. The minimum atomic E-state index is -0.342. The van der Waals surface area contributed by atoms with E-state index in [1.165, 1.54) is 18.9 Å². The summed E-state index contributed by atoms with van der Waals surface area (Å²) in [6.45, 7) is 5.34. The van der Waals surface area contributed by atoms with Crippen molar-refractivity contribution in [3.63, 3.8) is 0 Å². The van der Waals surface area contributed by atoms with E-state index in [0.29, 0.717) is 19.8 Å². The molecule has 0 aromatic heterocycles. The van der Waals surface area contributed by atoms with Crippen molar-refractivity contribution >= 4 is 12.0 Å². The highest BCUT2D eigenvalue weighted by Gasteiger charge is 2.05. The molecule has 5 nitrogen and oxygen atoms in total. The molecule has 0 spiro atoms. The van der Waals surface area contributed by atoms with Crippen molar-refractivity contribution in [3.05, 3.63) is 65.7 Å². The van der Waals surface area contributed by atoms with Crippen LogP contribution in [0.2, 0.25) is 0 Å². The Labute approximate surface area is 192 Å². The van der Waals surface area contributed by atoms with Gasteiger partial charge in [0.15, 0.2) is 0 Å². The highest BCUT2D eigenvalue weighted by Crippen LogP contribution is 2.21. The third-order valence-corrected chi connectivity index (χ3v) is 4.98. The number of carbonyl (C=O) groups excluding carboxylic acids is 1. The fraction of sp³-hybridized carbons (Fsp3) is 0.444. The molecule has 174 valence electrons. The van der Waals surface area contributed by atoms with Crippen LogP contribution in [0.4, 0.5) is 0 Å². The zero-order valence-electron chi connectivity index (χ0n) is 19.3. The molecule has 2 aromatic rings. The average Bonchev–Trinajstić information content (AvgIpc) is 2.80. The van der Waals surface area contributed by atoms with E-state index in [-0.39, 0.29) is 12.1 Å². The smallest absolute Gasteiger partial charge is 0.330 e. The number of ether oxygens (including phenoxy) is 3. The molecule has 2 rings (SSSR count). The highest BCUT2D eigenvalue weighted by atomic mass is 16.5. The number of unbranched alkanes of at least 4 members (excludes halogenated alkanes) is 2. The van der Waals surface area contributed by atoms with Crippen LogP contribution in [0.15, 0.2) is 54.6 Å². The summed E-state index contributed by atoms with van der Waals surface area (Å²) >= 11 is 0. The molecule has 0 fully saturated rings. The molecule has 0 aliphatic heterocycles. The van der Waals surface area contributed by atoms with Gasteiger partial charge < -0.3 is 19.3 Å². The van der Waals surface area contributed by atoms with Crippen LogP contribution in [0.3, 0.4) is 0 Å². The van der Waals surface area contributed by atoms with Crippen molar-refractivity contribution in [1.29, 1.82) is 0 Å². The number of esters is 1. The van der Waals surface area contributed by atoms with E-state index in [1.807, 2.05) is 48.5 Å². The van der Waals surface area contributed by atoms with Gasteiger partial charge in [0.1, 0.15) is 18.1 Å². The monoisotopic (exact) mass is 440 g/mol. The Hall–Kier alpha value is -2.79. The predicted octanol–water partition coefficient (Wildman–Crippen LogP) is 5.94. The van der Waals surface area contributed by atoms with Crippen LogP contribution >= 0.6 is 0 Å². The molecule has 0 amide bonds. The summed E-state index contributed by atoms with van der Waals surface area (Å²) in [5, 5.41) is 9.99. The van der Waals surface area contributed by atoms with Crippen LogP contribution in [-0.2, 0) is 16.1 Å². The Morgan fingerprint density at radius 3 is 2.41 bits per heavy atom. The maximum atomic E-state index is 11.4. The Balaban J connectivity index is 1.73.